The number of hydrogen-bond acceptors (Lipinski definition) is 2. The average molecular weight is 569 g/mol. The van der Waals surface area contributed by atoms with Crippen molar-refractivity contribution in [1.82, 2.24) is 0 Å². The van der Waals surface area contributed by atoms with Gasteiger partial charge < -0.3 is 8.85 Å². The molecule has 220 valence electrons. The summed E-state index contributed by atoms with van der Waals surface area (Å²) in [6.45, 7) is 32.9. The molecule has 3 saturated carbocycles. The third-order valence-electron chi connectivity index (χ3n) is 11.6. The summed E-state index contributed by atoms with van der Waals surface area (Å²) in [5.41, 5.74) is 4.47. The Labute approximate surface area is 244 Å². The van der Waals surface area contributed by atoms with E-state index >= 15 is 0 Å². The predicted molar refractivity (Wildman–Crippen MR) is 175 cm³/mol. The molecule has 0 radical (unpaired) electrons. The smallest absolute Gasteiger partial charge is 0.192 e. The first-order chi connectivity index (χ1) is 17.7. The summed E-state index contributed by atoms with van der Waals surface area (Å²) in [7, 11) is -3.86. The van der Waals surface area contributed by atoms with E-state index in [1.54, 1.807) is 5.57 Å². The highest BCUT2D eigenvalue weighted by Gasteiger charge is 2.50. The third kappa shape index (κ3) is 6.79. The van der Waals surface area contributed by atoms with Gasteiger partial charge in [-0.2, -0.15) is 0 Å². The van der Waals surface area contributed by atoms with Gasteiger partial charge in [-0.3, -0.25) is 0 Å². The minimum Gasteiger partial charge on any atom is -0.413 e. The van der Waals surface area contributed by atoms with Crippen molar-refractivity contribution in [1.29, 1.82) is 0 Å². The zero-order valence-electron chi connectivity index (χ0n) is 27.6. The van der Waals surface area contributed by atoms with Gasteiger partial charge in [-0.15, -0.1) is 12.3 Å². The molecule has 0 aromatic heterocycles. The Balaban J connectivity index is 1.93. The summed E-state index contributed by atoms with van der Waals surface area (Å²) >= 11 is 0. The van der Waals surface area contributed by atoms with E-state index in [1.165, 1.54) is 43.3 Å². The van der Waals surface area contributed by atoms with Crippen LogP contribution in [0.2, 0.25) is 36.3 Å². The molecule has 0 spiro atoms. The van der Waals surface area contributed by atoms with Crippen molar-refractivity contribution >= 4 is 16.6 Å². The van der Waals surface area contributed by atoms with Gasteiger partial charge in [0.1, 0.15) is 0 Å². The minimum absolute atomic E-state index is 0.0306. The molecule has 0 aromatic carbocycles. The summed E-state index contributed by atoms with van der Waals surface area (Å²) in [6.07, 6.45) is 19.2. The zero-order valence-corrected chi connectivity index (χ0v) is 29.6. The quantitative estimate of drug-likeness (QED) is 0.234. The van der Waals surface area contributed by atoms with Gasteiger partial charge in [0, 0.05) is 12.3 Å². The van der Waals surface area contributed by atoms with E-state index in [2.05, 4.69) is 106 Å². The number of hydrogen-bond donors (Lipinski definition) is 0. The zero-order chi connectivity index (χ0) is 29.6. The van der Waals surface area contributed by atoms with Crippen molar-refractivity contribution in [3.05, 3.63) is 35.5 Å². The first-order valence-electron chi connectivity index (χ1n) is 15.6. The second-order valence-corrected chi connectivity index (χ2v) is 25.8. The van der Waals surface area contributed by atoms with Gasteiger partial charge in [-0.1, -0.05) is 79.7 Å². The van der Waals surface area contributed by atoms with Crippen LogP contribution in [0.3, 0.4) is 0 Å². The molecule has 39 heavy (non-hydrogen) atoms. The maximum Gasteiger partial charge on any atom is 0.192 e. The van der Waals surface area contributed by atoms with Gasteiger partial charge in [0.15, 0.2) is 16.6 Å². The molecule has 0 saturated heterocycles. The minimum atomic E-state index is -1.96. The van der Waals surface area contributed by atoms with Crippen LogP contribution in [0.4, 0.5) is 0 Å². The maximum atomic E-state index is 7.04. The molecule has 0 unspecified atom stereocenters. The van der Waals surface area contributed by atoms with E-state index in [0.717, 1.165) is 12.8 Å². The fraction of sp³-hybridized carbons (Fsp3) is 0.771. The molecule has 0 N–H and O–H groups in total. The molecule has 0 heterocycles. The Morgan fingerprint density at radius 3 is 2.15 bits per heavy atom. The number of allylic oxidation sites excluding steroid dienone is 3. The van der Waals surface area contributed by atoms with Gasteiger partial charge in [0.25, 0.3) is 0 Å². The second-order valence-electron chi connectivity index (χ2n) is 16.3. The van der Waals surface area contributed by atoms with Crippen LogP contribution in [-0.4, -0.2) is 28.8 Å². The second kappa shape index (κ2) is 11.4. The Morgan fingerprint density at radius 2 is 1.59 bits per heavy atom. The van der Waals surface area contributed by atoms with Gasteiger partial charge in [-0.05, 0) is 103 Å². The largest absolute Gasteiger partial charge is 0.413 e. The molecule has 4 heteroatoms. The molecule has 0 amide bonds. The van der Waals surface area contributed by atoms with E-state index < -0.39 is 16.6 Å². The summed E-state index contributed by atoms with van der Waals surface area (Å²) < 4.78 is 14.1. The maximum absolute atomic E-state index is 7.04. The number of rotatable bonds is 6. The van der Waals surface area contributed by atoms with E-state index in [4.69, 9.17) is 15.3 Å². The molecule has 2 nitrogen and oxygen atoms in total. The van der Waals surface area contributed by atoms with Gasteiger partial charge in [0.05, 0.1) is 12.2 Å². The van der Waals surface area contributed by atoms with Crippen molar-refractivity contribution in [3.8, 4) is 12.3 Å². The van der Waals surface area contributed by atoms with Crippen molar-refractivity contribution in [2.24, 2.45) is 23.2 Å². The van der Waals surface area contributed by atoms with Crippen molar-refractivity contribution < 1.29 is 8.85 Å². The normalized spacial score (nSPS) is 33.8. The monoisotopic (exact) mass is 568 g/mol. The molecule has 3 aliphatic rings. The number of fused-ring (bicyclic) bond motifs is 1. The molecule has 3 fully saturated rings. The highest BCUT2D eigenvalue weighted by Crippen LogP contribution is 2.59. The summed E-state index contributed by atoms with van der Waals surface area (Å²) in [5, 5.41) is 0.345. The van der Waals surface area contributed by atoms with Crippen LogP contribution < -0.4 is 0 Å². The van der Waals surface area contributed by atoms with Crippen LogP contribution in [0.15, 0.2) is 35.5 Å². The van der Waals surface area contributed by atoms with Crippen LogP contribution >= 0.6 is 0 Å². The molecule has 3 rings (SSSR count). The van der Waals surface area contributed by atoms with E-state index in [1.807, 2.05) is 0 Å². The first-order valence-corrected chi connectivity index (χ1v) is 21.5. The lowest BCUT2D eigenvalue weighted by Crippen LogP contribution is -2.49. The van der Waals surface area contributed by atoms with Crippen molar-refractivity contribution in [2.45, 2.75) is 149 Å². The first kappa shape index (κ1) is 32.6. The van der Waals surface area contributed by atoms with Crippen LogP contribution in [0, 0.1) is 35.5 Å². The Bertz CT molecular complexity index is 1010. The van der Waals surface area contributed by atoms with Crippen LogP contribution in [0.5, 0.6) is 0 Å². The van der Waals surface area contributed by atoms with Gasteiger partial charge >= 0.3 is 0 Å². The molecule has 0 aliphatic heterocycles. The van der Waals surface area contributed by atoms with E-state index in [0.29, 0.717) is 23.2 Å². The topological polar surface area (TPSA) is 18.5 Å². The summed E-state index contributed by atoms with van der Waals surface area (Å²) in [4.78, 5) is 0. The van der Waals surface area contributed by atoms with Crippen molar-refractivity contribution in [3.63, 3.8) is 0 Å². The standard InChI is InChI=1S/C35H60O2Si2/c1-15-25(2)30-20-21-31-27(17-16-22-35(30,31)10)18-19-28-23-29(36-38(11,12)33(4,5)6)24-32(26(28)3)37-39(13,14)34(7,8)9/h1,18-19,25,29-32H,3,16-17,20-24H2,2,4-14H3/t25-,29+,30+,31-,32-,35+/m0/s1. The van der Waals surface area contributed by atoms with Crippen LogP contribution in [-0.2, 0) is 8.85 Å². The summed E-state index contributed by atoms with van der Waals surface area (Å²) in [5.74, 6) is 4.72. The molecular formula is C35H60O2Si2. The van der Waals surface area contributed by atoms with E-state index in [-0.39, 0.29) is 22.3 Å². The van der Waals surface area contributed by atoms with Crippen LogP contribution in [0.1, 0.15) is 100 Å². The molecular weight excluding hydrogens is 509 g/mol. The average Bonchev–Trinajstić information content (AvgIpc) is 3.15. The number of terminal acetylenes is 1. The lowest BCUT2D eigenvalue weighted by Gasteiger charge is -2.45. The summed E-state index contributed by atoms with van der Waals surface area (Å²) in [6, 6.07) is 0. The molecule has 3 aliphatic carbocycles. The Hall–Kier alpha value is -0.866. The third-order valence-corrected chi connectivity index (χ3v) is 20.7. The van der Waals surface area contributed by atoms with Crippen LogP contribution in [0.25, 0.3) is 0 Å². The molecule has 0 aromatic rings. The Kier molecular flexibility index (Phi) is 9.57. The molecule has 0 bridgehead atoms. The highest BCUT2D eigenvalue weighted by atomic mass is 28.4. The lowest BCUT2D eigenvalue weighted by atomic mass is 9.61. The fourth-order valence-electron chi connectivity index (χ4n) is 6.98. The fourth-order valence-corrected chi connectivity index (χ4v) is 9.65. The van der Waals surface area contributed by atoms with Gasteiger partial charge in [0.2, 0.25) is 0 Å². The Morgan fingerprint density at radius 1 is 1.00 bits per heavy atom. The SMILES string of the molecule is C#C[C@H](C)[C@H]1CC[C@H]2C(=CC=C3C[C@@H](O[Si](C)(C)C(C)(C)C)C[C@H](O[Si](C)(C)C(C)(C)C)C3=C)CCC[C@]12C. The van der Waals surface area contributed by atoms with Gasteiger partial charge in [-0.25, -0.2) is 0 Å². The lowest BCUT2D eigenvalue weighted by molar-refractivity contribution is 0.0969. The highest BCUT2D eigenvalue weighted by molar-refractivity contribution is 6.74. The molecule has 6 atom stereocenters. The van der Waals surface area contributed by atoms with Crippen molar-refractivity contribution in [2.75, 3.05) is 0 Å². The van der Waals surface area contributed by atoms with E-state index in [9.17, 15) is 0 Å². The predicted octanol–water partition coefficient (Wildman–Crippen LogP) is 10.5.